The van der Waals surface area contributed by atoms with E-state index in [0.29, 0.717) is 12.8 Å². The Morgan fingerprint density at radius 1 is 1.07 bits per heavy atom. The SMILES string of the molecule is Cl.FC(F)(F)C1CCC2(CCNC2)CC1. The molecule has 2 rings (SSSR count). The molecule has 2 fully saturated rings. The Hall–Kier alpha value is 0.0400. The van der Waals surface area contributed by atoms with Gasteiger partial charge in [0, 0.05) is 6.54 Å². The maximum Gasteiger partial charge on any atom is 0.391 e. The van der Waals surface area contributed by atoms with Gasteiger partial charge in [0.25, 0.3) is 0 Å². The van der Waals surface area contributed by atoms with Crippen LogP contribution in [0.4, 0.5) is 13.2 Å². The molecule has 1 spiro atoms. The second-order valence-corrected chi connectivity index (χ2v) is 4.74. The summed E-state index contributed by atoms with van der Waals surface area (Å²) in [5, 5.41) is 3.26. The molecule has 15 heavy (non-hydrogen) atoms. The Balaban J connectivity index is 0.00000112. The first kappa shape index (κ1) is 13.1. The van der Waals surface area contributed by atoms with E-state index in [1.807, 2.05) is 0 Å². The van der Waals surface area contributed by atoms with Crippen LogP contribution in [0, 0.1) is 11.3 Å². The van der Waals surface area contributed by atoms with Crippen molar-refractivity contribution < 1.29 is 13.2 Å². The van der Waals surface area contributed by atoms with Crippen molar-refractivity contribution >= 4 is 12.4 Å². The van der Waals surface area contributed by atoms with Gasteiger partial charge in [0.2, 0.25) is 0 Å². The van der Waals surface area contributed by atoms with Crippen LogP contribution in [0.2, 0.25) is 0 Å². The van der Waals surface area contributed by atoms with Crippen LogP contribution in [-0.2, 0) is 0 Å². The number of nitrogens with one attached hydrogen (secondary N) is 1. The van der Waals surface area contributed by atoms with Crippen LogP contribution >= 0.6 is 12.4 Å². The fourth-order valence-electron chi connectivity index (χ4n) is 2.78. The Morgan fingerprint density at radius 2 is 1.67 bits per heavy atom. The molecule has 1 heterocycles. The molecule has 0 aromatic heterocycles. The Kier molecular flexibility index (Phi) is 3.93. The van der Waals surface area contributed by atoms with E-state index in [0.717, 1.165) is 32.4 Å². The highest BCUT2D eigenvalue weighted by molar-refractivity contribution is 5.85. The second kappa shape index (κ2) is 4.50. The number of alkyl halides is 3. The van der Waals surface area contributed by atoms with E-state index in [2.05, 4.69) is 5.32 Å². The van der Waals surface area contributed by atoms with Gasteiger partial charge in [0.05, 0.1) is 5.92 Å². The molecule has 2 aliphatic rings. The van der Waals surface area contributed by atoms with Gasteiger partial charge in [-0.3, -0.25) is 0 Å². The lowest BCUT2D eigenvalue weighted by Gasteiger charge is -2.37. The minimum atomic E-state index is -3.96. The molecule has 1 aliphatic heterocycles. The van der Waals surface area contributed by atoms with Crippen molar-refractivity contribution in [1.82, 2.24) is 5.32 Å². The highest BCUT2D eigenvalue weighted by Crippen LogP contribution is 2.47. The average molecular weight is 244 g/mol. The number of hydrogen-bond acceptors (Lipinski definition) is 1. The summed E-state index contributed by atoms with van der Waals surface area (Å²) < 4.78 is 37.2. The van der Waals surface area contributed by atoms with Gasteiger partial charge < -0.3 is 5.32 Å². The van der Waals surface area contributed by atoms with Gasteiger partial charge in [-0.25, -0.2) is 0 Å². The number of rotatable bonds is 0. The normalized spacial score (nSPS) is 36.6. The lowest BCUT2D eigenvalue weighted by Crippen LogP contribution is -2.34. The summed E-state index contributed by atoms with van der Waals surface area (Å²) in [4.78, 5) is 0. The third-order valence-corrected chi connectivity index (χ3v) is 3.84. The van der Waals surface area contributed by atoms with Crippen LogP contribution in [0.3, 0.4) is 0 Å². The van der Waals surface area contributed by atoms with E-state index in [1.54, 1.807) is 0 Å². The van der Waals surface area contributed by atoms with Gasteiger partial charge in [0.15, 0.2) is 0 Å². The van der Waals surface area contributed by atoms with Crippen molar-refractivity contribution in [3.8, 4) is 0 Å². The molecule has 0 radical (unpaired) electrons. The second-order valence-electron chi connectivity index (χ2n) is 4.74. The lowest BCUT2D eigenvalue weighted by molar-refractivity contribution is -0.186. The van der Waals surface area contributed by atoms with Crippen LogP contribution < -0.4 is 5.32 Å². The zero-order valence-electron chi connectivity index (χ0n) is 8.57. The molecule has 0 aromatic carbocycles. The summed E-state index contributed by atoms with van der Waals surface area (Å²) >= 11 is 0. The highest BCUT2D eigenvalue weighted by Gasteiger charge is 2.46. The van der Waals surface area contributed by atoms with Gasteiger partial charge in [0.1, 0.15) is 0 Å². The fraction of sp³-hybridized carbons (Fsp3) is 1.00. The summed E-state index contributed by atoms with van der Waals surface area (Å²) in [6.45, 7) is 1.91. The maximum atomic E-state index is 12.4. The Morgan fingerprint density at radius 3 is 2.07 bits per heavy atom. The van der Waals surface area contributed by atoms with Crippen molar-refractivity contribution in [2.24, 2.45) is 11.3 Å². The van der Waals surface area contributed by atoms with Gasteiger partial charge in [-0.15, -0.1) is 12.4 Å². The van der Waals surface area contributed by atoms with E-state index < -0.39 is 12.1 Å². The van der Waals surface area contributed by atoms with E-state index in [1.165, 1.54) is 0 Å². The topological polar surface area (TPSA) is 12.0 Å². The lowest BCUT2D eigenvalue weighted by atomic mass is 9.70. The van der Waals surface area contributed by atoms with Crippen molar-refractivity contribution in [3.05, 3.63) is 0 Å². The van der Waals surface area contributed by atoms with Crippen molar-refractivity contribution in [2.45, 2.75) is 38.3 Å². The van der Waals surface area contributed by atoms with Gasteiger partial charge >= 0.3 is 6.18 Å². The molecule has 0 amide bonds. The molecule has 0 aromatic rings. The minimum Gasteiger partial charge on any atom is -0.316 e. The molecule has 5 heteroatoms. The molecule has 0 atom stereocenters. The fourth-order valence-corrected chi connectivity index (χ4v) is 2.78. The van der Waals surface area contributed by atoms with Gasteiger partial charge in [-0.1, -0.05) is 0 Å². The average Bonchev–Trinajstić information content (AvgIpc) is 2.53. The predicted molar refractivity (Wildman–Crippen MR) is 55.2 cm³/mol. The zero-order valence-corrected chi connectivity index (χ0v) is 9.39. The first-order valence-electron chi connectivity index (χ1n) is 5.29. The van der Waals surface area contributed by atoms with E-state index in [-0.39, 0.29) is 17.8 Å². The van der Waals surface area contributed by atoms with Crippen LogP contribution in [0.25, 0.3) is 0 Å². The zero-order chi connectivity index (χ0) is 10.2. The van der Waals surface area contributed by atoms with Crippen LogP contribution in [0.15, 0.2) is 0 Å². The van der Waals surface area contributed by atoms with Crippen molar-refractivity contribution in [3.63, 3.8) is 0 Å². The molecule has 1 aliphatic carbocycles. The Labute approximate surface area is 94.2 Å². The monoisotopic (exact) mass is 243 g/mol. The molecule has 90 valence electrons. The number of hydrogen-bond donors (Lipinski definition) is 1. The first-order chi connectivity index (χ1) is 6.52. The summed E-state index contributed by atoms with van der Waals surface area (Å²) in [5.74, 6) is -1.03. The smallest absolute Gasteiger partial charge is 0.316 e. The summed E-state index contributed by atoms with van der Waals surface area (Å²) in [5.41, 5.74) is 0.210. The standard InChI is InChI=1S/C10H16F3N.ClH/c11-10(12,13)8-1-3-9(4-2-8)5-6-14-7-9;/h8,14H,1-7H2;1H. The quantitative estimate of drug-likeness (QED) is 0.689. The van der Waals surface area contributed by atoms with E-state index in [9.17, 15) is 13.2 Å². The molecule has 1 N–H and O–H groups in total. The first-order valence-corrected chi connectivity index (χ1v) is 5.29. The molecule has 1 saturated carbocycles. The predicted octanol–water partition coefficient (Wildman–Crippen LogP) is 3.14. The molecule has 1 saturated heterocycles. The molecule has 1 nitrogen and oxygen atoms in total. The van der Waals surface area contributed by atoms with Crippen LogP contribution in [0.5, 0.6) is 0 Å². The minimum absolute atomic E-state index is 0. The molecular formula is C10H17ClF3N. The summed E-state index contributed by atoms with van der Waals surface area (Å²) in [6, 6.07) is 0. The molecule has 0 bridgehead atoms. The third-order valence-electron chi connectivity index (χ3n) is 3.84. The maximum absolute atomic E-state index is 12.4. The summed E-state index contributed by atoms with van der Waals surface area (Å²) in [7, 11) is 0. The van der Waals surface area contributed by atoms with Crippen LogP contribution in [0.1, 0.15) is 32.1 Å². The largest absolute Gasteiger partial charge is 0.391 e. The molecular weight excluding hydrogens is 227 g/mol. The Bertz CT molecular complexity index is 201. The number of halogens is 4. The van der Waals surface area contributed by atoms with Crippen molar-refractivity contribution in [1.29, 1.82) is 0 Å². The van der Waals surface area contributed by atoms with Gasteiger partial charge in [-0.05, 0) is 44.1 Å². The van der Waals surface area contributed by atoms with E-state index in [4.69, 9.17) is 0 Å². The van der Waals surface area contributed by atoms with Crippen molar-refractivity contribution in [2.75, 3.05) is 13.1 Å². The molecule has 0 unspecified atom stereocenters. The van der Waals surface area contributed by atoms with Gasteiger partial charge in [-0.2, -0.15) is 13.2 Å². The third kappa shape index (κ3) is 2.78. The highest BCUT2D eigenvalue weighted by atomic mass is 35.5. The van der Waals surface area contributed by atoms with E-state index >= 15 is 0 Å². The summed E-state index contributed by atoms with van der Waals surface area (Å²) in [6.07, 6.45) is -0.712. The van der Waals surface area contributed by atoms with Crippen LogP contribution in [-0.4, -0.2) is 19.3 Å².